The van der Waals surface area contributed by atoms with E-state index in [0.717, 1.165) is 0 Å². The van der Waals surface area contributed by atoms with E-state index in [1.165, 1.54) is 23.5 Å². The van der Waals surface area contributed by atoms with Gasteiger partial charge in [-0.05, 0) is 30.7 Å². The van der Waals surface area contributed by atoms with Crippen molar-refractivity contribution in [2.24, 2.45) is 0 Å². The Morgan fingerprint density at radius 3 is 2.36 bits per heavy atom. The highest BCUT2D eigenvalue weighted by molar-refractivity contribution is 7.89. The Labute approximate surface area is 147 Å². The molecule has 0 bridgehead atoms. The fraction of sp³-hybridized carbons (Fsp3) is 0.562. The third-order valence-electron chi connectivity index (χ3n) is 4.65. The first kappa shape index (κ1) is 18.1. The molecule has 138 valence electrons. The van der Waals surface area contributed by atoms with Crippen LogP contribution in [0.15, 0.2) is 29.2 Å². The molecule has 0 aromatic heterocycles. The van der Waals surface area contributed by atoms with Crippen molar-refractivity contribution in [3.63, 3.8) is 0 Å². The van der Waals surface area contributed by atoms with Gasteiger partial charge < -0.3 is 20.1 Å². The van der Waals surface area contributed by atoms with E-state index in [4.69, 9.17) is 4.74 Å². The Morgan fingerprint density at radius 2 is 1.84 bits per heavy atom. The molecule has 0 unspecified atom stereocenters. The number of nitrogens with zero attached hydrogens (tertiary/aromatic N) is 2. The summed E-state index contributed by atoms with van der Waals surface area (Å²) in [6.45, 7) is 1.64. The van der Waals surface area contributed by atoms with Gasteiger partial charge in [-0.3, -0.25) is 4.79 Å². The lowest BCUT2D eigenvalue weighted by Crippen LogP contribution is -2.54. The number of β-amino-alcohol motifs (C(OH)–C–C–N with tert-alkyl or cyclic N) is 1. The van der Waals surface area contributed by atoms with Gasteiger partial charge >= 0.3 is 0 Å². The first-order valence-corrected chi connectivity index (χ1v) is 9.70. The van der Waals surface area contributed by atoms with E-state index in [-0.39, 0.29) is 29.9 Å². The van der Waals surface area contributed by atoms with Gasteiger partial charge in [0.15, 0.2) is 0 Å². The van der Waals surface area contributed by atoms with Gasteiger partial charge in [-0.25, -0.2) is 8.42 Å². The van der Waals surface area contributed by atoms with Crippen molar-refractivity contribution in [1.82, 2.24) is 14.5 Å². The first-order valence-electron chi connectivity index (χ1n) is 8.26. The van der Waals surface area contributed by atoms with Crippen molar-refractivity contribution in [1.29, 1.82) is 0 Å². The molecule has 0 aliphatic carbocycles. The van der Waals surface area contributed by atoms with Crippen molar-refractivity contribution in [2.75, 3.05) is 39.8 Å². The summed E-state index contributed by atoms with van der Waals surface area (Å²) in [4.78, 5) is 14.3. The summed E-state index contributed by atoms with van der Waals surface area (Å²) < 4.78 is 31.8. The number of piperazine rings is 1. The predicted octanol–water partition coefficient (Wildman–Crippen LogP) is -0.749. The molecule has 1 aromatic carbocycles. The quantitative estimate of drug-likeness (QED) is 0.725. The second-order valence-corrected chi connectivity index (χ2v) is 8.19. The number of sulfonamides is 1. The van der Waals surface area contributed by atoms with Crippen LogP contribution in [0.2, 0.25) is 0 Å². The molecule has 1 aromatic rings. The zero-order chi connectivity index (χ0) is 18.0. The van der Waals surface area contributed by atoms with Crippen LogP contribution in [0, 0.1) is 0 Å². The third kappa shape index (κ3) is 3.79. The van der Waals surface area contributed by atoms with Gasteiger partial charge in [0.1, 0.15) is 5.75 Å². The molecule has 0 spiro atoms. The topological polar surface area (TPSA) is 99.2 Å². The minimum atomic E-state index is -3.58. The van der Waals surface area contributed by atoms with Gasteiger partial charge in [-0.1, -0.05) is 0 Å². The SMILES string of the molecule is COc1ccc(S(=O)(=O)N2CCN(C(=O)[C@H]3C[C@@H](O)CN3)CC2)cc1. The van der Waals surface area contributed by atoms with Gasteiger partial charge in [0.05, 0.1) is 24.2 Å². The number of hydrogen-bond acceptors (Lipinski definition) is 6. The summed E-state index contributed by atoms with van der Waals surface area (Å²) in [7, 11) is -2.05. The zero-order valence-corrected chi connectivity index (χ0v) is 14.9. The van der Waals surface area contributed by atoms with Crippen LogP contribution in [-0.2, 0) is 14.8 Å². The summed E-state index contributed by atoms with van der Waals surface area (Å²) in [6, 6.07) is 5.90. The predicted molar refractivity (Wildman–Crippen MR) is 90.7 cm³/mol. The summed E-state index contributed by atoms with van der Waals surface area (Å²) in [6.07, 6.45) is -0.0888. The summed E-state index contributed by atoms with van der Waals surface area (Å²) >= 11 is 0. The maximum Gasteiger partial charge on any atom is 0.243 e. The molecule has 2 atom stereocenters. The summed E-state index contributed by atoms with van der Waals surface area (Å²) in [5.41, 5.74) is 0. The average molecular weight is 369 g/mol. The Balaban J connectivity index is 1.61. The molecule has 0 saturated carbocycles. The Hall–Kier alpha value is -1.68. The lowest BCUT2D eigenvalue weighted by atomic mass is 10.1. The molecule has 8 nitrogen and oxygen atoms in total. The third-order valence-corrected chi connectivity index (χ3v) is 6.57. The highest BCUT2D eigenvalue weighted by atomic mass is 32.2. The van der Waals surface area contributed by atoms with E-state index < -0.39 is 16.1 Å². The van der Waals surface area contributed by atoms with Crippen LogP contribution in [0.5, 0.6) is 5.75 Å². The Bertz CT molecular complexity index is 714. The number of rotatable bonds is 4. The lowest BCUT2D eigenvalue weighted by molar-refractivity contribution is -0.134. The molecule has 2 aliphatic rings. The van der Waals surface area contributed by atoms with Gasteiger partial charge in [0.2, 0.25) is 15.9 Å². The van der Waals surface area contributed by atoms with Gasteiger partial charge in [-0.2, -0.15) is 4.31 Å². The second-order valence-electron chi connectivity index (χ2n) is 6.26. The molecular formula is C16H23N3O5S. The first-order chi connectivity index (χ1) is 11.9. The monoisotopic (exact) mass is 369 g/mol. The fourth-order valence-corrected chi connectivity index (χ4v) is 4.59. The van der Waals surface area contributed by atoms with E-state index in [1.54, 1.807) is 17.0 Å². The minimum absolute atomic E-state index is 0.0713. The van der Waals surface area contributed by atoms with E-state index in [9.17, 15) is 18.3 Å². The molecule has 9 heteroatoms. The minimum Gasteiger partial charge on any atom is -0.497 e. The molecule has 2 heterocycles. The van der Waals surface area contributed by atoms with Gasteiger partial charge in [-0.15, -0.1) is 0 Å². The molecule has 2 fully saturated rings. The number of aliphatic hydroxyl groups is 1. The van der Waals surface area contributed by atoms with Crippen molar-refractivity contribution in [3.05, 3.63) is 24.3 Å². The summed E-state index contributed by atoms with van der Waals surface area (Å²) in [5, 5.41) is 12.5. The smallest absolute Gasteiger partial charge is 0.243 e. The fourth-order valence-electron chi connectivity index (χ4n) is 3.17. The number of methoxy groups -OCH3 is 1. The second kappa shape index (κ2) is 7.28. The zero-order valence-electron chi connectivity index (χ0n) is 14.1. The van der Waals surface area contributed by atoms with E-state index in [1.807, 2.05) is 0 Å². The summed E-state index contributed by atoms with van der Waals surface area (Å²) in [5.74, 6) is 0.527. The molecule has 2 saturated heterocycles. The molecular weight excluding hydrogens is 346 g/mol. The standard InChI is InChI=1S/C16H23N3O5S/c1-24-13-2-4-14(5-3-13)25(22,23)19-8-6-18(7-9-19)16(21)15-10-12(20)11-17-15/h2-5,12,15,17,20H,6-11H2,1H3/t12-,15-/m1/s1. The van der Waals surface area contributed by atoms with Crippen LogP contribution < -0.4 is 10.1 Å². The number of nitrogens with one attached hydrogen (secondary N) is 1. The molecule has 25 heavy (non-hydrogen) atoms. The van der Waals surface area contributed by atoms with Crippen molar-refractivity contribution in [2.45, 2.75) is 23.5 Å². The molecule has 2 N–H and O–H groups in total. The van der Waals surface area contributed by atoms with Crippen LogP contribution in [0.25, 0.3) is 0 Å². The van der Waals surface area contributed by atoms with Crippen LogP contribution in [0.3, 0.4) is 0 Å². The Morgan fingerprint density at radius 1 is 1.20 bits per heavy atom. The Kier molecular flexibility index (Phi) is 5.28. The number of amides is 1. The number of aliphatic hydroxyl groups excluding tert-OH is 1. The van der Waals surface area contributed by atoms with Crippen LogP contribution >= 0.6 is 0 Å². The van der Waals surface area contributed by atoms with E-state index in [2.05, 4.69) is 5.32 Å². The average Bonchev–Trinajstić information content (AvgIpc) is 3.07. The maximum atomic E-state index is 12.7. The highest BCUT2D eigenvalue weighted by Gasteiger charge is 2.35. The van der Waals surface area contributed by atoms with Crippen molar-refractivity contribution >= 4 is 15.9 Å². The highest BCUT2D eigenvalue weighted by Crippen LogP contribution is 2.21. The van der Waals surface area contributed by atoms with Crippen LogP contribution in [-0.4, -0.2) is 80.6 Å². The van der Waals surface area contributed by atoms with Crippen LogP contribution in [0.4, 0.5) is 0 Å². The maximum absolute atomic E-state index is 12.7. The molecule has 0 radical (unpaired) electrons. The molecule has 2 aliphatic heterocycles. The van der Waals surface area contributed by atoms with Crippen molar-refractivity contribution < 1.29 is 23.1 Å². The number of benzene rings is 1. The number of carbonyl (C=O) groups excluding carboxylic acids is 1. The molecule has 1 amide bonds. The van der Waals surface area contributed by atoms with E-state index in [0.29, 0.717) is 31.8 Å². The number of carbonyl (C=O) groups is 1. The largest absolute Gasteiger partial charge is 0.497 e. The normalized spacial score (nSPS) is 25.1. The van der Waals surface area contributed by atoms with Gasteiger partial charge in [0.25, 0.3) is 0 Å². The number of ether oxygens (including phenoxy) is 1. The van der Waals surface area contributed by atoms with Gasteiger partial charge in [0, 0.05) is 32.7 Å². The molecule has 3 rings (SSSR count). The van der Waals surface area contributed by atoms with Crippen LogP contribution in [0.1, 0.15) is 6.42 Å². The van der Waals surface area contributed by atoms with Crippen molar-refractivity contribution in [3.8, 4) is 5.75 Å². The lowest BCUT2D eigenvalue weighted by Gasteiger charge is -2.35. The number of hydrogen-bond donors (Lipinski definition) is 2. The van der Waals surface area contributed by atoms with E-state index >= 15 is 0 Å².